The highest BCUT2D eigenvalue weighted by molar-refractivity contribution is 6.31. The number of hydrogen-bond acceptors (Lipinski definition) is 7. The van der Waals surface area contributed by atoms with Gasteiger partial charge in [0.15, 0.2) is 0 Å². The van der Waals surface area contributed by atoms with Crippen LogP contribution in [0.5, 0.6) is 0 Å². The van der Waals surface area contributed by atoms with Crippen LogP contribution >= 0.6 is 23.2 Å². The van der Waals surface area contributed by atoms with Gasteiger partial charge in [0.05, 0.1) is 49.6 Å². The van der Waals surface area contributed by atoms with E-state index < -0.39 is 11.1 Å². The number of carbonyl (C=O) groups is 3. The summed E-state index contributed by atoms with van der Waals surface area (Å²) in [6.45, 7) is 18.1. The lowest BCUT2D eigenvalue weighted by Gasteiger charge is -2.38. The number of esters is 1. The average molecular weight is 770 g/mol. The van der Waals surface area contributed by atoms with Gasteiger partial charge in [-0.1, -0.05) is 35.4 Å². The highest BCUT2D eigenvalue weighted by atomic mass is 35.5. The lowest BCUT2D eigenvalue weighted by atomic mass is 9.79. The molecular formula is C42H54Cl2N2O7. The van der Waals surface area contributed by atoms with E-state index >= 15 is 0 Å². The minimum atomic E-state index is -0.991. The van der Waals surface area contributed by atoms with Crippen LogP contribution in [0.2, 0.25) is 10.0 Å². The van der Waals surface area contributed by atoms with Gasteiger partial charge in [0.25, 0.3) is 5.91 Å². The molecule has 0 bridgehead atoms. The van der Waals surface area contributed by atoms with Crippen molar-refractivity contribution in [3.63, 3.8) is 0 Å². The lowest BCUT2D eigenvalue weighted by Crippen LogP contribution is -2.58. The molecular weight excluding hydrogens is 715 g/mol. The van der Waals surface area contributed by atoms with Gasteiger partial charge >= 0.3 is 5.97 Å². The molecule has 0 aromatic heterocycles. The zero-order chi connectivity index (χ0) is 38.9. The Morgan fingerprint density at radius 1 is 0.868 bits per heavy atom. The van der Waals surface area contributed by atoms with Crippen LogP contribution in [0, 0.1) is 27.7 Å². The molecule has 3 N–H and O–H groups in total. The topological polar surface area (TPSA) is 123 Å². The summed E-state index contributed by atoms with van der Waals surface area (Å²) in [6.07, 6.45) is 9.17. The first-order chi connectivity index (χ1) is 25.2. The molecule has 5 rings (SSSR count). The zero-order valence-corrected chi connectivity index (χ0v) is 33.2. The second-order valence-corrected chi connectivity index (χ2v) is 15.2. The van der Waals surface area contributed by atoms with Crippen LogP contribution in [-0.2, 0) is 35.0 Å². The molecule has 0 unspecified atom stereocenters. The van der Waals surface area contributed by atoms with E-state index in [2.05, 4.69) is 23.8 Å². The summed E-state index contributed by atoms with van der Waals surface area (Å²) in [5, 5.41) is 18.3. The number of aliphatic hydroxyl groups excluding tert-OH is 1. The van der Waals surface area contributed by atoms with Crippen LogP contribution in [0.15, 0.2) is 55.3 Å². The summed E-state index contributed by atoms with van der Waals surface area (Å²) in [4.78, 5) is 38.2. The van der Waals surface area contributed by atoms with Crippen LogP contribution in [0.4, 0.5) is 0 Å². The second-order valence-electron chi connectivity index (χ2n) is 14.4. The quantitative estimate of drug-likeness (QED) is 0.147. The van der Waals surface area contributed by atoms with Crippen molar-refractivity contribution in [3.8, 4) is 0 Å². The van der Waals surface area contributed by atoms with Crippen molar-refractivity contribution < 1.29 is 33.7 Å². The molecule has 2 aromatic carbocycles. The number of aryl methyl sites for hydroxylation is 4. The molecule has 11 heteroatoms. The molecule has 9 nitrogen and oxygen atoms in total. The van der Waals surface area contributed by atoms with Crippen LogP contribution in [0.25, 0.3) is 5.57 Å². The van der Waals surface area contributed by atoms with Crippen molar-refractivity contribution in [2.45, 2.75) is 116 Å². The minimum Gasteiger partial charge on any atom is -0.509 e. The Kier molecular flexibility index (Phi) is 14.8. The molecule has 0 atom stereocenters. The number of ether oxygens (including phenoxy) is 3. The first kappa shape index (κ1) is 42.1. The van der Waals surface area contributed by atoms with Gasteiger partial charge in [0.2, 0.25) is 5.91 Å². The van der Waals surface area contributed by atoms with Gasteiger partial charge in [-0.05, 0) is 144 Å². The van der Waals surface area contributed by atoms with Gasteiger partial charge in [-0.2, -0.15) is 0 Å². The van der Waals surface area contributed by atoms with Gasteiger partial charge in [-0.15, -0.1) is 13.2 Å². The van der Waals surface area contributed by atoms with Crippen LogP contribution in [0.3, 0.4) is 0 Å². The fraction of sp³-hybridized carbons (Fsp3) is 0.500. The van der Waals surface area contributed by atoms with E-state index in [0.29, 0.717) is 67.4 Å². The fourth-order valence-corrected chi connectivity index (χ4v) is 8.49. The Balaban J connectivity index is 0.000000238. The maximum absolute atomic E-state index is 12.8. The summed E-state index contributed by atoms with van der Waals surface area (Å²) in [5.74, 6) is -0.605. The molecule has 288 valence electrons. The molecule has 0 radical (unpaired) electrons. The van der Waals surface area contributed by atoms with E-state index in [1.807, 2.05) is 52.0 Å². The van der Waals surface area contributed by atoms with Crippen molar-refractivity contribution >= 4 is 46.6 Å². The Hall–Kier alpha value is -3.63. The molecule has 2 aliphatic carbocycles. The number of rotatable bonds is 12. The third-order valence-electron chi connectivity index (χ3n) is 10.5. The molecule has 1 heterocycles. The largest absolute Gasteiger partial charge is 0.509 e. The van der Waals surface area contributed by atoms with Gasteiger partial charge in [-0.25, -0.2) is 4.79 Å². The molecule has 0 saturated heterocycles. The normalized spacial score (nSPS) is 23.9. The van der Waals surface area contributed by atoms with Crippen LogP contribution in [0.1, 0.15) is 91.7 Å². The number of carbonyl (C=O) groups excluding carboxylic acids is 3. The molecule has 1 spiro atoms. The maximum atomic E-state index is 12.8. The van der Waals surface area contributed by atoms with Crippen molar-refractivity contribution in [2.24, 2.45) is 0 Å². The Morgan fingerprint density at radius 2 is 1.34 bits per heavy atom. The van der Waals surface area contributed by atoms with E-state index in [1.54, 1.807) is 19.1 Å². The molecule has 2 aromatic rings. The lowest BCUT2D eigenvalue weighted by molar-refractivity contribution is -0.156. The minimum absolute atomic E-state index is 0.0678. The summed E-state index contributed by atoms with van der Waals surface area (Å²) in [6, 6.07) is 7.34. The highest BCUT2D eigenvalue weighted by Crippen LogP contribution is 2.43. The number of nitrogens with one attached hydrogen (secondary N) is 2. The molecule has 1 aliphatic heterocycles. The van der Waals surface area contributed by atoms with Gasteiger partial charge in [0.1, 0.15) is 11.3 Å². The van der Waals surface area contributed by atoms with E-state index in [9.17, 15) is 19.5 Å². The van der Waals surface area contributed by atoms with Crippen LogP contribution in [-0.4, -0.2) is 66.0 Å². The molecule has 2 amide bonds. The Labute approximate surface area is 324 Å². The van der Waals surface area contributed by atoms with Crippen molar-refractivity contribution in [1.82, 2.24) is 10.6 Å². The third-order valence-corrected chi connectivity index (χ3v) is 11.0. The molecule has 2 saturated carbocycles. The number of halogens is 2. The number of amides is 2. The summed E-state index contributed by atoms with van der Waals surface area (Å²) >= 11 is 12.2. The van der Waals surface area contributed by atoms with Crippen molar-refractivity contribution in [3.05, 3.63) is 98.8 Å². The highest BCUT2D eigenvalue weighted by Gasteiger charge is 2.48. The van der Waals surface area contributed by atoms with Crippen molar-refractivity contribution in [1.29, 1.82) is 0 Å². The zero-order valence-electron chi connectivity index (χ0n) is 31.7. The molecule has 53 heavy (non-hydrogen) atoms. The smallest absolute Gasteiger partial charge is 0.331 e. The van der Waals surface area contributed by atoms with Crippen molar-refractivity contribution in [2.75, 3.05) is 19.8 Å². The first-order valence-corrected chi connectivity index (χ1v) is 19.2. The SMILES string of the molecule is C=CCOC1CCC(NC(=O)Cc2c(C)cc(Cl)cc2C)(C(=O)OCC)CC1.C=CCOC1CCC2(CC1)NC(=O)C(c1c(C)cc(Cl)cc1C)=C2O. The predicted octanol–water partition coefficient (Wildman–Crippen LogP) is 8.30. The average Bonchev–Trinajstić information content (AvgIpc) is 3.33. The predicted molar refractivity (Wildman–Crippen MR) is 210 cm³/mol. The summed E-state index contributed by atoms with van der Waals surface area (Å²) < 4.78 is 16.7. The van der Waals surface area contributed by atoms with Crippen LogP contribution < -0.4 is 10.6 Å². The van der Waals surface area contributed by atoms with Gasteiger partial charge < -0.3 is 30.0 Å². The number of aliphatic hydroxyl groups is 1. The Morgan fingerprint density at radius 3 is 1.81 bits per heavy atom. The Bertz CT molecular complexity index is 1670. The third kappa shape index (κ3) is 10.1. The summed E-state index contributed by atoms with van der Waals surface area (Å²) in [5.41, 5.74) is 4.15. The van der Waals surface area contributed by atoms with E-state index in [0.717, 1.165) is 46.2 Å². The molecule has 2 fully saturated rings. The number of hydrogen-bond donors (Lipinski definition) is 3. The molecule has 3 aliphatic rings. The standard InChI is InChI=1S/C22H30ClNO4.C20H24ClNO3/c1-5-11-28-18-7-9-22(10-8-18,21(26)27-6-2)24-20(25)14-19-15(3)12-17(23)13-16(19)4;1-4-9-25-15-5-7-20(8-6-15)18(23)17(19(24)22-20)16-12(2)10-14(21)11-13(16)3/h5,12-13,18H,1,6-11,14H2,2-4H3,(H,24,25);4,10-11,15,23H,1,5-9H2,2-3H3,(H,22,24). The van der Waals surface area contributed by atoms with E-state index in [-0.39, 0.29) is 48.8 Å². The monoisotopic (exact) mass is 768 g/mol. The van der Waals surface area contributed by atoms with E-state index in [1.165, 1.54) is 0 Å². The second kappa shape index (κ2) is 18.6. The number of benzene rings is 2. The fourth-order valence-electron chi connectivity index (χ4n) is 7.83. The van der Waals surface area contributed by atoms with Gasteiger partial charge in [-0.3, -0.25) is 9.59 Å². The maximum Gasteiger partial charge on any atom is 0.331 e. The van der Waals surface area contributed by atoms with E-state index in [4.69, 9.17) is 37.4 Å². The first-order valence-electron chi connectivity index (χ1n) is 18.4. The summed E-state index contributed by atoms with van der Waals surface area (Å²) in [7, 11) is 0. The van der Waals surface area contributed by atoms with Gasteiger partial charge in [0, 0.05) is 10.0 Å².